The second-order valence-corrected chi connectivity index (χ2v) is 7.48. The van der Waals surface area contributed by atoms with Crippen LogP contribution in [0.4, 0.5) is 0 Å². The van der Waals surface area contributed by atoms with E-state index in [1.807, 2.05) is 24.4 Å². The standard InChI is InChI=1S/C21H19N7O/c22-11-14-3-1-13(2-4-14)9-19(29)25-16-6-5-15(10-16)21-27-26-18-12-24-20-17(28(18)21)7-8-23-20/h1-4,7-8,12,15-16,23H,5-6,9-10H2,(H,25,29). The van der Waals surface area contributed by atoms with Gasteiger partial charge in [-0.3, -0.25) is 9.20 Å². The smallest absolute Gasteiger partial charge is 0.224 e. The molecule has 2 N–H and O–H groups in total. The number of rotatable bonds is 4. The zero-order valence-electron chi connectivity index (χ0n) is 15.7. The molecule has 4 aromatic rings. The van der Waals surface area contributed by atoms with Crippen LogP contribution >= 0.6 is 0 Å². The van der Waals surface area contributed by atoms with Gasteiger partial charge in [0.1, 0.15) is 5.82 Å². The number of aromatic amines is 1. The molecule has 29 heavy (non-hydrogen) atoms. The van der Waals surface area contributed by atoms with Crippen molar-refractivity contribution in [1.82, 2.24) is 29.9 Å². The summed E-state index contributed by atoms with van der Waals surface area (Å²) in [6.45, 7) is 0. The summed E-state index contributed by atoms with van der Waals surface area (Å²) in [4.78, 5) is 19.9. The number of H-pyrrole nitrogens is 1. The molecule has 0 saturated heterocycles. The minimum absolute atomic E-state index is 0.00341. The highest BCUT2D eigenvalue weighted by molar-refractivity contribution is 5.79. The number of benzene rings is 1. The molecule has 0 spiro atoms. The fourth-order valence-electron chi connectivity index (χ4n) is 4.17. The average Bonchev–Trinajstić information content (AvgIpc) is 3.46. The summed E-state index contributed by atoms with van der Waals surface area (Å²) in [6.07, 6.45) is 6.62. The van der Waals surface area contributed by atoms with Gasteiger partial charge < -0.3 is 10.3 Å². The van der Waals surface area contributed by atoms with Crippen LogP contribution in [0.25, 0.3) is 16.8 Å². The molecule has 8 nitrogen and oxygen atoms in total. The minimum atomic E-state index is 0.00341. The number of aromatic nitrogens is 5. The molecule has 8 heteroatoms. The average molecular weight is 385 g/mol. The fraction of sp³-hybridized carbons (Fsp3) is 0.286. The third-order valence-electron chi connectivity index (χ3n) is 5.58. The Hall–Kier alpha value is -3.73. The van der Waals surface area contributed by atoms with E-state index in [1.165, 1.54) is 0 Å². The predicted octanol–water partition coefficient (Wildman–Crippen LogP) is 2.47. The molecule has 144 valence electrons. The largest absolute Gasteiger partial charge is 0.353 e. The molecule has 1 aromatic carbocycles. The Kier molecular flexibility index (Phi) is 4.21. The SMILES string of the molecule is N#Cc1ccc(CC(=O)NC2CCC(c3nnc4cnc5[nH]ccc5n34)C2)cc1. The number of nitrogens with one attached hydrogen (secondary N) is 2. The Bertz CT molecular complexity index is 1230. The summed E-state index contributed by atoms with van der Waals surface area (Å²) in [5.74, 6) is 1.17. The first-order chi connectivity index (χ1) is 14.2. The van der Waals surface area contributed by atoms with E-state index in [4.69, 9.17) is 5.26 Å². The van der Waals surface area contributed by atoms with Gasteiger partial charge in [-0.1, -0.05) is 12.1 Å². The van der Waals surface area contributed by atoms with Gasteiger partial charge in [0.05, 0.1) is 29.8 Å². The number of carbonyl (C=O) groups excluding carboxylic acids is 1. The summed E-state index contributed by atoms with van der Waals surface area (Å²) >= 11 is 0. The summed E-state index contributed by atoms with van der Waals surface area (Å²) in [5, 5.41) is 20.7. The number of amides is 1. The van der Waals surface area contributed by atoms with Crippen molar-refractivity contribution < 1.29 is 4.79 Å². The molecular weight excluding hydrogens is 366 g/mol. The van der Waals surface area contributed by atoms with E-state index in [9.17, 15) is 4.79 Å². The Balaban J connectivity index is 1.28. The van der Waals surface area contributed by atoms with E-state index in [1.54, 1.807) is 18.3 Å². The maximum absolute atomic E-state index is 12.4. The highest BCUT2D eigenvalue weighted by Gasteiger charge is 2.30. The molecule has 1 fully saturated rings. The lowest BCUT2D eigenvalue weighted by molar-refractivity contribution is -0.121. The molecule has 0 bridgehead atoms. The Labute approximate surface area is 166 Å². The fourth-order valence-corrected chi connectivity index (χ4v) is 4.17. The van der Waals surface area contributed by atoms with Crippen LogP contribution in [0.1, 0.15) is 42.1 Å². The monoisotopic (exact) mass is 385 g/mol. The van der Waals surface area contributed by atoms with E-state index in [0.29, 0.717) is 12.0 Å². The zero-order chi connectivity index (χ0) is 19.8. The maximum atomic E-state index is 12.4. The first-order valence-corrected chi connectivity index (χ1v) is 9.67. The van der Waals surface area contributed by atoms with Crippen LogP contribution in [0.15, 0.2) is 42.7 Å². The molecule has 3 aromatic heterocycles. The number of nitrogens with zero attached hydrogens (tertiary/aromatic N) is 5. The summed E-state index contributed by atoms with van der Waals surface area (Å²) in [7, 11) is 0. The molecule has 2 unspecified atom stereocenters. The predicted molar refractivity (Wildman–Crippen MR) is 106 cm³/mol. The van der Waals surface area contributed by atoms with Gasteiger partial charge in [-0.05, 0) is 43.0 Å². The van der Waals surface area contributed by atoms with Gasteiger partial charge in [0.25, 0.3) is 0 Å². The molecule has 0 aliphatic heterocycles. The quantitative estimate of drug-likeness (QED) is 0.560. The van der Waals surface area contributed by atoms with Crippen molar-refractivity contribution in [2.75, 3.05) is 0 Å². The van der Waals surface area contributed by atoms with Crippen LogP contribution in [0.5, 0.6) is 0 Å². The third-order valence-corrected chi connectivity index (χ3v) is 5.58. The van der Waals surface area contributed by atoms with Gasteiger partial charge in [0.2, 0.25) is 5.91 Å². The molecule has 2 atom stereocenters. The normalized spacial score (nSPS) is 18.9. The lowest BCUT2D eigenvalue weighted by atomic mass is 10.1. The molecular formula is C21H19N7O. The van der Waals surface area contributed by atoms with Gasteiger partial charge in [-0.2, -0.15) is 5.26 Å². The molecule has 1 aliphatic carbocycles. The highest BCUT2D eigenvalue weighted by Crippen LogP contribution is 2.34. The number of carbonyl (C=O) groups is 1. The number of hydrogen-bond donors (Lipinski definition) is 2. The van der Waals surface area contributed by atoms with Crippen LogP contribution in [-0.2, 0) is 11.2 Å². The topological polar surface area (TPSA) is 112 Å². The van der Waals surface area contributed by atoms with Crippen LogP contribution in [0.2, 0.25) is 0 Å². The van der Waals surface area contributed by atoms with E-state index in [0.717, 1.165) is 47.5 Å². The molecule has 3 heterocycles. The van der Waals surface area contributed by atoms with Crippen molar-refractivity contribution in [1.29, 1.82) is 5.26 Å². The Morgan fingerprint density at radius 1 is 1.24 bits per heavy atom. The van der Waals surface area contributed by atoms with Crippen molar-refractivity contribution in [3.63, 3.8) is 0 Å². The van der Waals surface area contributed by atoms with E-state index >= 15 is 0 Å². The number of fused-ring (bicyclic) bond motifs is 3. The summed E-state index contributed by atoms with van der Waals surface area (Å²) in [6, 6.07) is 11.3. The van der Waals surface area contributed by atoms with Crippen LogP contribution in [-0.4, -0.2) is 36.5 Å². The molecule has 5 rings (SSSR count). The maximum Gasteiger partial charge on any atom is 0.224 e. The van der Waals surface area contributed by atoms with E-state index < -0.39 is 0 Å². The van der Waals surface area contributed by atoms with Gasteiger partial charge in [0, 0.05) is 18.2 Å². The second-order valence-electron chi connectivity index (χ2n) is 7.48. The van der Waals surface area contributed by atoms with Crippen LogP contribution < -0.4 is 5.32 Å². The lowest BCUT2D eigenvalue weighted by Crippen LogP contribution is -2.34. The number of nitriles is 1. The second kappa shape index (κ2) is 7.02. The van der Waals surface area contributed by atoms with Crippen LogP contribution in [0, 0.1) is 11.3 Å². The van der Waals surface area contributed by atoms with Gasteiger partial charge >= 0.3 is 0 Å². The highest BCUT2D eigenvalue weighted by atomic mass is 16.1. The Morgan fingerprint density at radius 2 is 2.10 bits per heavy atom. The molecule has 1 saturated carbocycles. The summed E-state index contributed by atoms with van der Waals surface area (Å²) in [5.41, 5.74) is 4.02. The molecule has 1 aliphatic rings. The van der Waals surface area contributed by atoms with Crippen molar-refractivity contribution in [3.05, 3.63) is 59.7 Å². The van der Waals surface area contributed by atoms with Gasteiger partial charge in [-0.25, -0.2) is 4.98 Å². The first kappa shape index (κ1) is 17.4. The van der Waals surface area contributed by atoms with Crippen molar-refractivity contribution in [2.24, 2.45) is 0 Å². The van der Waals surface area contributed by atoms with Crippen molar-refractivity contribution in [2.45, 2.75) is 37.6 Å². The van der Waals surface area contributed by atoms with E-state index in [-0.39, 0.29) is 17.9 Å². The van der Waals surface area contributed by atoms with Crippen LogP contribution in [0.3, 0.4) is 0 Å². The van der Waals surface area contributed by atoms with E-state index in [2.05, 4.69) is 36.0 Å². The lowest BCUT2D eigenvalue weighted by Gasteiger charge is -2.13. The zero-order valence-corrected chi connectivity index (χ0v) is 15.7. The third kappa shape index (κ3) is 3.21. The number of hydrogen-bond acceptors (Lipinski definition) is 5. The van der Waals surface area contributed by atoms with Gasteiger partial charge in [0.15, 0.2) is 11.3 Å². The van der Waals surface area contributed by atoms with Crippen molar-refractivity contribution >= 4 is 22.7 Å². The molecule has 1 amide bonds. The van der Waals surface area contributed by atoms with Crippen molar-refractivity contribution in [3.8, 4) is 6.07 Å². The first-order valence-electron chi connectivity index (χ1n) is 9.67. The molecule has 0 radical (unpaired) electrons. The Morgan fingerprint density at radius 3 is 2.93 bits per heavy atom. The van der Waals surface area contributed by atoms with Gasteiger partial charge in [-0.15, -0.1) is 10.2 Å². The summed E-state index contributed by atoms with van der Waals surface area (Å²) < 4.78 is 2.06. The minimum Gasteiger partial charge on any atom is -0.353 e.